The van der Waals surface area contributed by atoms with Crippen LogP contribution in [0.15, 0.2) is 72.8 Å². The van der Waals surface area contributed by atoms with Crippen LogP contribution in [-0.2, 0) is 6.54 Å². The predicted octanol–water partition coefficient (Wildman–Crippen LogP) is 4.21. The van der Waals surface area contributed by atoms with Gasteiger partial charge < -0.3 is 10.6 Å². The van der Waals surface area contributed by atoms with Crippen molar-refractivity contribution in [1.29, 1.82) is 0 Å². The summed E-state index contributed by atoms with van der Waals surface area (Å²) < 4.78 is 13.6. The summed E-state index contributed by atoms with van der Waals surface area (Å²) in [5.41, 5.74) is 2.13. The van der Waals surface area contributed by atoms with E-state index in [0.717, 1.165) is 0 Å². The van der Waals surface area contributed by atoms with E-state index in [1.807, 2.05) is 0 Å². The Balaban J connectivity index is 1.62. The molecule has 0 aliphatic carbocycles. The molecule has 29 heavy (non-hydrogen) atoms. The van der Waals surface area contributed by atoms with Crippen LogP contribution in [-0.4, -0.2) is 17.6 Å². The second-order valence-corrected chi connectivity index (χ2v) is 6.44. The highest BCUT2D eigenvalue weighted by atomic mass is 19.1. The van der Waals surface area contributed by atoms with Crippen LogP contribution >= 0.6 is 0 Å². The highest BCUT2D eigenvalue weighted by molar-refractivity contribution is 6.05. The molecule has 6 heteroatoms. The quantitative estimate of drug-likeness (QED) is 0.619. The Labute approximate surface area is 167 Å². The minimum atomic E-state index is -0.381. The van der Waals surface area contributed by atoms with Gasteiger partial charge in [0.05, 0.1) is 0 Å². The molecule has 0 heterocycles. The fourth-order valence-corrected chi connectivity index (χ4v) is 2.71. The lowest BCUT2D eigenvalue weighted by molar-refractivity contribution is 0.0948. The molecule has 0 radical (unpaired) electrons. The number of Topliss-reactive ketones (excluding diaryl/α,β-unsaturated/α-hetero) is 1. The Hall–Kier alpha value is -3.80. The first-order valence-electron chi connectivity index (χ1n) is 8.98. The molecule has 2 N–H and O–H groups in total. The van der Waals surface area contributed by atoms with Crippen LogP contribution in [0.2, 0.25) is 0 Å². The van der Waals surface area contributed by atoms with Gasteiger partial charge in [-0.1, -0.05) is 30.3 Å². The van der Waals surface area contributed by atoms with Gasteiger partial charge in [-0.25, -0.2) is 4.39 Å². The third-order valence-corrected chi connectivity index (χ3v) is 4.33. The number of halogens is 1. The lowest BCUT2D eigenvalue weighted by Gasteiger charge is -2.08. The van der Waals surface area contributed by atoms with Crippen LogP contribution in [0.25, 0.3) is 0 Å². The molecule has 5 nitrogen and oxygen atoms in total. The normalized spacial score (nSPS) is 10.3. The van der Waals surface area contributed by atoms with E-state index in [0.29, 0.717) is 27.9 Å². The maximum absolute atomic E-state index is 13.6. The highest BCUT2D eigenvalue weighted by Crippen LogP contribution is 2.14. The van der Waals surface area contributed by atoms with E-state index in [2.05, 4.69) is 10.6 Å². The summed E-state index contributed by atoms with van der Waals surface area (Å²) >= 11 is 0. The van der Waals surface area contributed by atoms with Gasteiger partial charge in [0.25, 0.3) is 11.8 Å². The second-order valence-electron chi connectivity index (χ2n) is 6.44. The first kappa shape index (κ1) is 19.9. The minimum absolute atomic E-state index is 0.0697. The summed E-state index contributed by atoms with van der Waals surface area (Å²) in [6.07, 6.45) is 0. The van der Waals surface area contributed by atoms with Crippen LogP contribution in [0, 0.1) is 5.82 Å². The number of ketones is 1. The fourth-order valence-electron chi connectivity index (χ4n) is 2.71. The molecule has 0 spiro atoms. The number of carbonyl (C=O) groups is 3. The number of carbonyl (C=O) groups excluding carboxylic acids is 3. The summed E-state index contributed by atoms with van der Waals surface area (Å²) in [7, 11) is 0. The first-order valence-corrected chi connectivity index (χ1v) is 8.98. The van der Waals surface area contributed by atoms with Crippen molar-refractivity contribution in [3.63, 3.8) is 0 Å². The number of anilines is 1. The molecule has 0 unspecified atom stereocenters. The molecule has 0 aliphatic heterocycles. The molecule has 0 atom stereocenters. The summed E-state index contributed by atoms with van der Waals surface area (Å²) in [6.45, 7) is 1.52. The average Bonchev–Trinajstić information content (AvgIpc) is 2.73. The number of hydrogen-bond acceptors (Lipinski definition) is 3. The Bertz CT molecular complexity index is 1060. The number of nitrogens with one attached hydrogen (secondary N) is 2. The van der Waals surface area contributed by atoms with E-state index in [9.17, 15) is 18.8 Å². The molecule has 3 rings (SSSR count). The van der Waals surface area contributed by atoms with E-state index in [1.165, 1.54) is 37.3 Å². The predicted molar refractivity (Wildman–Crippen MR) is 108 cm³/mol. The van der Waals surface area contributed by atoms with Gasteiger partial charge in [-0.2, -0.15) is 0 Å². The number of benzene rings is 3. The van der Waals surface area contributed by atoms with E-state index in [-0.39, 0.29) is 30.0 Å². The molecular weight excluding hydrogens is 371 g/mol. The summed E-state index contributed by atoms with van der Waals surface area (Å²) in [4.78, 5) is 36.1. The zero-order chi connectivity index (χ0) is 20.8. The molecule has 146 valence electrons. The van der Waals surface area contributed by atoms with Gasteiger partial charge in [0.1, 0.15) is 5.82 Å². The van der Waals surface area contributed by atoms with Crippen molar-refractivity contribution in [2.24, 2.45) is 0 Å². The average molecular weight is 390 g/mol. The van der Waals surface area contributed by atoms with Crippen LogP contribution in [0.1, 0.15) is 43.6 Å². The molecule has 0 saturated carbocycles. The van der Waals surface area contributed by atoms with Crippen molar-refractivity contribution < 1.29 is 18.8 Å². The number of hydrogen-bond donors (Lipinski definition) is 2. The van der Waals surface area contributed by atoms with Gasteiger partial charge in [-0.3, -0.25) is 14.4 Å². The third-order valence-electron chi connectivity index (χ3n) is 4.33. The molecule has 2 amide bonds. The topological polar surface area (TPSA) is 75.3 Å². The van der Waals surface area contributed by atoms with E-state index in [1.54, 1.807) is 42.5 Å². The van der Waals surface area contributed by atoms with Crippen LogP contribution in [0.3, 0.4) is 0 Å². The summed E-state index contributed by atoms with van der Waals surface area (Å²) in [5.74, 6) is -1.20. The Morgan fingerprint density at radius 2 is 1.45 bits per heavy atom. The zero-order valence-electron chi connectivity index (χ0n) is 15.7. The highest BCUT2D eigenvalue weighted by Gasteiger charge is 2.11. The summed E-state index contributed by atoms with van der Waals surface area (Å²) in [6, 6.07) is 19.0. The lowest BCUT2D eigenvalue weighted by atomic mass is 10.1. The monoisotopic (exact) mass is 390 g/mol. The first-order chi connectivity index (χ1) is 13.9. The lowest BCUT2D eigenvalue weighted by Crippen LogP contribution is -2.23. The van der Waals surface area contributed by atoms with Gasteiger partial charge in [-0.15, -0.1) is 0 Å². The van der Waals surface area contributed by atoms with Crippen molar-refractivity contribution in [2.45, 2.75) is 13.5 Å². The molecular formula is C23H19FN2O3. The molecule has 0 fully saturated rings. The smallest absolute Gasteiger partial charge is 0.255 e. The third kappa shape index (κ3) is 5.13. The van der Waals surface area contributed by atoms with Crippen molar-refractivity contribution in [3.05, 3.63) is 101 Å². The molecule has 3 aromatic rings. The van der Waals surface area contributed by atoms with Crippen molar-refractivity contribution >= 4 is 23.3 Å². The Kier molecular flexibility index (Phi) is 6.14. The maximum Gasteiger partial charge on any atom is 0.255 e. The van der Waals surface area contributed by atoms with Gasteiger partial charge in [-0.05, 0) is 49.4 Å². The van der Waals surface area contributed by atoms with Gasteiger partial charge in [0, 0.05) is 34.5 Å². The Morgan fingerprint density at radius 3 is 2.10 bits per heavy atom. The molecule has 0 bridgehead atoms. The van der Waals surface area contributed by atoms with Gasteiger partial charge in [0.15, 0.2) is 5.78 Å². The molecule has 0 aliphatic rings. The number of amides is 2. The van der Waals surface area contributed by atoms with Crippen molar-refractivity contribution in [2.75, 3.05) is 5.32 Å². The van der Waals surface area contributed by atoms with Crippen molar-refractivity contribution in [1.82, 2.24) is 5.32 Å². The van der Waals surface area contributed by atoms with Crippen LogP contribution in [0.4, 0.5) is 10.1 Å². The zero-order valence-corrected chi connectivity index (χ0v) is 15.7. The largest absolute Gasteiger partial charge is 0.348 e. The second kappa shape index (κ2) is 8.93. The number of rotatable bonds is 6. The fraction of sp³-hybridized carbons (Fsp3) is 0.0870. The Morgan fingerprint density at radius 1 is 0.793 bits per heavy atom. The van der Waals surface area contributed by atoms with Gasteiger partial charge >= 0.3 is 0 Å². The van der Waals surface area contributed by atoms with E-state index in [4.69, 9.17) is 0 Å². The standard InChI is InChI=1S/C23H19FN2O3/c1-15(27)18-6-4-7-20(13-18)26-23(29)17-11-9-16(10-12-17)22(28)25-14-19-5-2-3-8-21(19)24/h2-13H,14H2,1H3,(H,25,28)(H,26,29). The SMILES string of the molecule is CC(=O)c1cccc(NC(=O)c2ccc(C(=O)NCc3ccccc3F)cc2)c1. The van der Waals surface area contributed by atoms with E-state index < -0.39 is 0 Å². The van der Waals surface area contributed by atoms with Crippen LogP contribution < -0.4 is 10.6 Å². The van der Waals surface area contributed by atoms with Gasteiger partial charge in [0.2, 0.25) is 0 Å². The maximum atomic E-state index is 13.6. The van der Waals surface area contributed by atoms with Crippen LogP contribution in [0.5, 0.6) is 0 Å². The summed E-state index contributed by atoms with van der Waals surface area (Å²) in [5, 5.41) is 5.37. The van der Waals surface area contributed by atoms with Crippen molar-refractivity contribution in [3.8, 4) is 0 Å². The molecule has 3 aromatic carbocycles. The molecule has 0 aromatic heterocycles. The molecule has 0 saturated heterocycles. The van der Waals surface area contributed by atoms with E-state index >= 15 is 0 Å². The minimum Gasteiger partial charge on any atom is -0.348 e.